The van der Waals surface area contributed by atoms with Gasteiger partial charge in [-0.3, -0.25) is 0 Å². The van der Waals surface area contributed by atoms with Gasteiger partial charge in [-0.05, 0) is 80.5 Å². The first-order valence-corrected chi connectivity index (χ1v) is 13.7. The van der Waals surface area contributed by atoms with Crippen LogP contribution in [0.2, 0.25) is 0 Å². The van der Waals surface area contributed by atoms with Crippen molar-refractivity contribution in [3.05, 3.63) is 151 Å². The zero-order valence-corrected chi connectivity index (χ0v) is 21.6. The van der Waals surface area contributed by atoms with Crippen LogP contribution >= 0.6 is 11.3 Å². The molecule has 38 heavy (non-hydrogen) atoms. The quantitative estimate of drug-likeness (QED) is 0.211. The Morgan fingerprint density at radius 3 is 1.29 bits per heavy atom. The summed E-state index contributed by atoms with van der Waals surface area (Å²) in [5, 5.41) is 7.32. The lowest BCUT2D eigenvalue weighted by molar-refractivity contribution is 1.28. The minimum Gasteiger partial charge on any atom is -0.311 e. The minimum atomic E-state index is 1.13. The lowest BCUT2D eigenvalue weighted by Gasteiger charge is -2.25. The monoisotopic (exact) mass is 503 g/mol. The summed E-state index contributed by atoms with van der Waals surface area (Å²) in [5.41, 5.74) is 7.25. The molecule has 0 bridgehead atoms. The van der Waals surface area contributed by atoms with E-state index in [2.05, 4.69) is 156 Å². The summed E-state index contributed by atoms with van der Waals surface area (Å²) in [4.78, 5) is 3.61. The van der Waals surface area contributed by atoms with Gasteiger partial charge in [0.05, 0.1) is 0 Å². The fourth-order valence-corrected chi connectivity index (χ4v) is 6.30. The molecule has 0 unspecified atom stereocenters. The predicted molar refractivity (Wildman–Crippen MR) is 165 cm³/mol. The van der Waals surface area contributed by atoms with E-state index in [0.717, 1.165) is 17.1 Å². The van der Waals surface area contributed by atoms with E-state index in [-0.39, 0.29) is 0 Å². The van der Waals surface area contributed by atoms with Gasteiger partial charge < -0.3 is 4.90 Å². The van der Waals surface area contributed by atoms with Crippen LogP contribution in [0.5, 0.6) is 0 Å². The highest BCUT2D eigenvalue weighted by Crippen LogP contribution is 2.45. The highest BCUT2D eigenvalue weighted by Gasteiger charge is 2.17. The number of fused-ring (bicyclic) bond motifs is 2. The first-order valence-electron chi connectivity index (χ1n) is 12.9. The third-order valence-corrected chi connectivity index (χ3v) is 8.03. The largest absolute Gasteiger partial charge is 0.311 e. The van der Waals surface area contributed by atoms with E-state index >= 15 is 0 Å². The molecule has 7 aromatic rings. The van der Waals surface area contributed by atoms with Gasteiger partial charge >= 0.3 is 0 Å². The van der Waals surface area contributed by atoms with E-state index in [1.54, 1.807) is 11.3 Å². The fraction of sp³-hybridized carbons (Fsp3) is 0. The second-order valence-electron chi connectivity index (χ2n) is 9.37. The van der Waals surface area contributed by atoms with Crippen LogP contribution < -0.4 is 4.90 Å². The Bertz CT molecular complexity index is 1740. The molecule has 1 nitrogen and oxygen atoms in total. The second-order valence-corrected chi connectivity index (χ2v) is 10.3. The molecule has 0 saturated heterocycles. The predicted octanol–water partition coefficient (Wildman–Crippen LogP) is 10.9. The first-order chi connectivity index (χ1) is 18.9. The summed E-state index contributed by atoms with van der Waals surface area (Å²) >= 11 is 1.80. The van der Waals surface area contributed by atoms with Crippen molar-refractivity contribution in [3.63, 3.8) is 0 Å². The maximum absolute atomic E-state index is 2.31. The molecule has 0 aliphatic carbocycles. The summed E-state index contributed by atoms with van der Waals surface area (Å²) in [5.74, 6) is 0. The smallest absolute Gasteiger partial charge is 0.0462 e. The lowest BCUT2D eigenvalue weighted by atomic mass is 9.88. The molecule has 0 radical (unpaired) electrons. The summed E-state index contributed by atoms with van der Waals surface area (Å²) in [6, 6.07) is 52.2. The molecular formula is C36H25NS. The van der Waals surface area contributed by atoms with Gasteiger partial charge in [0, 0.05) is 27.5 Å². The third-order valence-electron chi connectivity index (χ3n) is 7.14. The third kappa shape index (κ3) is 3.87. The van der Waals surface area contributed by atoms with E-state index in [0.29, 0.717) is 0 Å². The molecule has 1 aromatic heterocycles. The highest BCUT2D eigenvalue weighted by atomic mass is 32.1. The number of rotatable bonds is 5. The van der Waals surface area contributed by atoms with Crippen molar-refractivity contribution in [1.29, 1.82) is 0 Å². The normalized spacial score (nSPS) is 11.2. The van der Waals surface area contributed by atoms with Crippen molar-refractivity contribution >= 4 is 49.9 Å². The molecule has 2 heteroatoms. The maximum atomic E-state index is 2.31. The number of nitrogens with zero attached hydrogens (tertiary/aromatic N) is 1. The van der Waals surface area contributed by atoms with E-state index < -0.39 is 0 Å². The Labute approximate surface area is 226 Å². The molecular weight excluding hydrogens is 478 g/mol. The Kier molecular flexibility index (Phi) is 5.73. The molecule has 0 saturated carbocycles. The van der Waals surface area contributed by atoms with Crippen LogP contribution in [0.4, 0.5) is 17.1 Å². The van der Waals surface area contributed by atoms with Crippen molar-refractivity contribution in [2.24, 2.45) is 0 Å². The summed E-state index contributed by atoms with van der Waals surface area (Å²) in [6.45, 7) is 0. The van der Waals surface area contributed by atoms with Gasteiger partial charge in [-0.1, -0.05) is 103 Å². The zero-order valence-electron chi connectivity index (χ0n) is 20.8. The number of benzene rings is 6. The summed E-state index contributed by atoms with van der Waals surface area (Å²) in [7, 11) is 0. The summed E-state index contributed by atoms with van der Waals surface area (Å²) in [6.07, 6.45) is 0. The number of anilines is 3. The standard InChI is InChI=1S/C36H25NS/c1-3-12-27(13-4-1)37(28-14-5-2-6-15-28)29-23-21-26(22-24-29)35-30-16-7-9-18-32(30)36(34-20-11-25-38-34)33-19-10-8-17-31(33)35/h1-25H. The summed E-state index contributed by atoms with van der Waals surface area (Å²) < 4.78 is 0. The lowest BCUT2D eigenvalue weighted by Crippen LogP contribution is -2.09. The van der Waals surface area contributed by atoms with Crippen molar-refractivity contribution < 1.29 is 0 Å². The molecule has 0 amide bonds. The molecule has 0 aliphatic rings. The average Bonchev–Trinajstić information content (AvgIpc) is 3.52. The van der Waals surface area contributed by atoms with Gasteiger partial charge in [0.1, 0.15) is 0 Å². The number of hydrogen-bond donors (Lipinski definition) is 0. The Morgan fingerprint density at radius 2 is 0.816 bits per heavy atom. The molecule has 7 rings (SSSR count). The molecule has 0 spiro atoms. The first kappa shape index (κ1) is 22.5. The topological polar surface area (TPSA) is 3.24 Å². The zero-order chi connectivity index (χ0) is 25.3. The molecule has 180 valence electrons. The number of thiophene rings is 1. The Hall–Kier alpha value is -4.66. The van der Waals surface area contributed by atoms with E-state index in [9.17, 15) is 0 Å². The molecule has 0 atom stereocenters. The average molecular weight is 504 g/mol. The van der Waals surface area contributed by atoms with E-state index in [4.69, 9.17) is 0 Å². The van der Waals surface area contributed by atoms with Crippen LogP contribution in [0, 0.1) is 0 Å². The highest BCUT2D eigenvalue weighted by molar-refractivity contribution is 7.13. The molecule has 6 aromatic carbocycles. The van der Waals surface area contributed by atoms with Crippen molar-refractivity contribution in [1.82, 2.24) is 0 Å². The maximum Gasteiger partial charge on any atom is 0.0462 e. The van der Waals surface area contributed by atoms with E-state index in [1.165, 1.54) is 43.1 Å². The van der Waals surface area contributed by atoms with Gasteiger partial charge in [-0.15, -0.1) is 11.3 Å². The molecule has 1 heterocycles. The molecule has 0 fully saturated rings. The fourth-order valence-electron chi connectivity index (χ4n) is 5.50. The number of para-hydroxylation sites is 2. The minimum absolute atomic E-state index is 1.13. The van der Waals surface area contributed by atoms with Crippen molar-refractivity contribution in [2.75, 3.05) is 4.90 Å². The van der Waals surface area contributed by atoms with Gasteiger partial charge in [-0.25, -0.2) is 0 Å². The Balaban J connectivity index is 1.43. The van der Waals surface area contributed by atoms with Crippen molar-refractivity contribution in [2.45, 2.75) is 0 Å². The van der Waals surface area contributed by atoms with Crippen LogP contribution in [0.15, 0.2) is 151 Å². The van der Waals surface area contributed by atoms with Crippen LogP contribution in [0.1, 0.15) is 0 Å². The van der Waals surface area contributed by atoms with Gasteiger partial charge in [-0.2, -0.15) is 0 Å². The van der Waals surface area contributed by atoms with E-state index in [1.807, 2.05) is 0 Å². The van der Waals surface area contributed by atoms with Gasteiger partial charge in [0.2, 0.25) is 0 Å². The SMILES string of the molecule is c1ccc(N(c2ccccc2)c2ccc(-c3c4ccccc4c(-c4cccs4)c4ccccc34)cc2)cc1. The van der Waals surface area contributed by atoms with Crippen molar-refractivity contribution in [3.8, 4) is 21.6 Å². The van der Waals surface area contributed by atoms with Crippen LogP contribution in [0.3, 0.4) is 0 Å². The molecule has 0 aliphatic heterocycles. The second kappa shape index (κ2) is 9.66. The Morgan fingerprint density at radius 1 is 0.368 bits per heavy atom. The van der Waals surface area contributed by atoms with Gasteiger partial charge in [0.25, 0.3) is 0 Å². The van der Waals surface area contributed by atoms with Gasteiger partial charge in [0.15, 0.2) is 0 Å². The number of hydrogen-bond acceptors (Lipinski definition) is 2. The molecule has 0 N–H and O–H groups in total. The van der Waals surface area contributed by atoms with Crippen LogP contribution in [-0.2, 0) is 0 Å². The van der Waals surface area contributed by atoms with Crippen LogP contribution in [-0.4, -0.2) is 0 Å². The van der Waals surface area contributed by atoms with Crippen LogP contribution in [0.25, 0.3) is 43.1 Å².